The largest absolute Gasteiger partial charge is 0.363 e. The van der Waals surface area contributed by atoms with Crippen molar-refractivity contribution in [1.82, 2.24) is 9.97 Å². The first-order valence-electron chi connectivity index (χ1n) is 6.96. The summed E-state index contributed by atoms with van der Waals surface area (Å²) in [5, 5.41) is 4.67. The van der Waals surface area contributed by atoms with Gasteiger partial charge in [-0.25, -0.2) is 9.97 Å². The predicted molar refractivity (Wildman–Crippen MR) is 80.7 cm³/mol. The third kappa shape index (κ3) is 1.83. The van der Waals surface area contributed by atoms with Crippen LogP contribution in [0.25, 0.3) is 10.9 Å². The lowest BCUT2D eigenvalue weighted by molar-refractivity contribution is 0.758. The molecule has 98 valence electrons. The monoisotopic (exact) mass is 261 g/mol. The van der Waals surface area contributed by atoms with Gasteiger partial charge in [0.2, 0.25) is 0 Å². The van der Waals surface area contributed by atoms with E-state index in [1.165, 1.54) is 11.1 Å². The van der Waals surface area contributed by atoms with Gasteiger partial charge in [0.15, 0.2) is 0 Å². The van der Waals surface area contributed by atoms with Gasteiger partial charge in [0.25, 0.3) is 0 Å². The molecular formula is C17H15N3. The summed E-state index contributed by atoms with van der Waals surface area (Å²) in [6, 6.07) is 17.1. The molecule has 1 atom stereocenters. The molecule has 1 heterocycles. The van der Waals surface area contributed by atoms with Gasteiger partial charge in [0, 0.05) is 5.39 Å². The fourth-order valence-corrected chi connectivity index (χ4v) is 2.99. The molecule has 0 saturated carbocycles. The van der Waals surface area contributed by atoms with E-state index in [1.807, 2.05) is 18.2 Å². The molecule has 3 aromatic rings. The molecule has 0 aliphatic heterocycles. The van der Waals surface area contributed by atoms with Crippen molar-refractivity contribution >= 4 is 16.7 Å². The van der Waals surface area contributed by atoms with Crippen LogP contribution in [0.15, 0.2) is 54.9 Å². The SMILES string of the molecule is c1ccc2c(c1)CCC2Nc1ncnc2ccccc12. The Labute approximate surface area is 117 Å². The number of aryl methyl sites for hydroxylation is 1. The molecule has 1 unspecified atom stereocenters. The van der Waals surface area contributed by atoms with Crippen molar-refractivity contribution in [2.24, 2.45) is 0 Å². The summed E-state index contributed by atoms with van der Waals surface area (Å²) < 4.78 is 0. The van der Waals surface area contributed by atoms with Crippen molar-refractivity contribution in [3.8, 4) is 0 Å². The van der Waals surface area contributed by atoms with Crippen molar-refractivity contribution in [2.45, 2.75) is 18.9 Å². The number of aromatic nitrogens is 2. The highest BCUT2D eigenvalue weighted by Crippen LogP contribution is 2.34. The van der Waals surface area contributed by atoms with E-state index < -0.39 is 0 Å². The van der Waals surface area contributed by atoms with E-state index in [0.29, 0.717) is 6.04 Å². The quantitative estimate of drug-likeness (QED) is 0.763. The fraction of sp³-hybridized carbons (Fsp3) is 0.176. The van der Waals surface area contributed by atoms with E-state index >= 15 is 0 Å². The normalized spacial score (nSPS) is 17.1. The molecule has 4 rings (SSSR count). The van der Waals surface area contributed by atoms with Gasteiger partial charge in [-0.2, -0.15) is 0 Å². The Hall–Kier alpha value is -2.42. The zero-order valence-electron chi connectivity index (χ0n) is 11.1. The minimum atomic E-state index is 0.351. The Bertz CT molecular complexity index is 762. The summed E-state index contributed by atoms with van der Waals surface area (Å²) in [4.78, 5) is 8.73. The van der Waals surface area contributed by atoms with Gasteiger partial charge in [0.1, 0.15) is 12.1 Å². The third-order valence-electron chi connectivity index (χ3n) is 3.99. The highest BCUT2D eigenvalue weighted by molar-refractivity contribution is 5.88. The molecule has 1 aliphatic rings. The smallest absolute Gasteiger partial charge is 0.137 e. The van der Waals surface area contributed by atoms with E-state index in [2.05, 4.69) is 45.6 Å². The molecule has 0 bridgehead atoms. The van der Waals surface area contributed by atoms with Crippen LogP contribution < -0.4 is 5.32 Å². The molecule has 0 amide bonds. The summed E-state index contributed by atoms with van der Waals surface area (Å²) in [7, 11) is 0. The Kier molecular flexibility index (Phi) is 2.62. The summed E-state index contributed by atoms with van der Waals surface area (Å²) in [5.74, 6) is 0.928. The number of hydrogen-bond acceptors (Lipinski definition) is 3. The van der Waals surface area contributed by atoms with Crippen LogP contribution in [0, 0.1) is 0 Å². The first-order valence-corrected chi connectivity index (χ1v) is 6.96. The maximum Gasteiger partial charge on any atom is 0.137 e. The molecule has 20 heavy (non-hydrogen) atoms. The maximum atomic E-state index is 4.42. The molecule has 3 nitrogen and oxygen atoms in total. The van der Waals surface area contributed by atoms with E-state index in [1.54, 1.807) is 6.33 Å². The number of rotatable bonds is 2. The number of hydrogen-bond donors (Lipinski definition) is 1. The molecule has 0 spiro atoms. The van der Waals surface area contributed by atoms with E-state index in [0.717, 1.165) is 29.6 Å². The molecule has 0 saturated heterocycles. The number of para-hydroxylation sites is 1. The first-order chi connectivity index (χ1) is 9.92. The summed E-state index contributed by atoms with van der Waals surface area (Å²) in [5.41, 5.74) is 3.83. The van der Waals surface area contributed by atoms with E-state index in [4.69, 9.17) is 0 Å². The average Bonchev–Trinajstić information content (AvgIpc) is 2.91. The van der Waals surface area contributed by atoms with Gasteiger partial charge < -0.3 is 5.32 Å². The minimum Gasteiger partial charge on any atom is -0.363 e. The Morgan fingerprint density at radius 2 is 1.80 bits per heavy atom. The second-order valence-electron chi connectivity index (χ2n) is 5.17. The summed E-state index contributed by atoms with van der Waals surface area (Å²) >= 11 is 0. The lowest BCUT2D eigenvalue weighted by Crippen LogP contribution is -2.09. The van der Waals surface area contributed by atoms with Crippen molar-refractivity contribution in [3.63, 3.8) is 0 Å². The van der Waals surface area contributed by atoms with Gasteiger partial charge >= 0.3 is 0 Å². The molecule has 2 aromatic carbocycles. The van der Waals surface area contributed by atoms with Gasteiger partial charge in [-0.3, -0.25) is 0 Å². The second-order valence-corrected chi connectivity index (χ2v) is 5.17. The highest BCUT2D eigenvalue weighted by Gasteiger charge is 2.22. The van der Waals surface area contributed by atoms with Crippen LogP contribution in [0.4, 0.5) is 5.82 Å². The minimum absolute atomic E-state index is 0.351. The standard InChI is InChI=1S/C17H15N3/c1-2-6-13-12(5-1)9-10-16(13)20-17-14-7-3-4-8-15(14)18-11-19-17/h1-8,11,16H,9-10H2,(H,18,19,20). The first kappa shape index (κ1) is 11.4. The molecule has 1 N–H and O–H groups in total. The van der Waals surface area contributed by atoms with Crippen molar-refractivity contribution < 1.29 is 0 Å². The number of benzene rings is 2. The van der Waals surface area contributed by atoms with Crippen LogP contribution in [-0.4, -0.2) is 9.97 Å². The Morgan fingerprint density at radius 1 is 0.950 bits per heavy atom. The Balaban J connectivity index is 1.73. The van der Waals surface area contributed by atoms with E-state index in [-0.39, 0.29) is 0 Å². The second kappa shape index (κ2) is 4.60. The lowest BCUT2D eigenvalue weighted by atomic mass is 10.1. The average molecular weight is 261 g/mol. The summed E-state index contributed by atoms with van der Waals surface area (Å²) in [6.45, 7) is 0. The molecule has 0 fully saturated rings. The third-order valence-corrected chi connectivity index (χ3v) is 3.99. The van der Waals surface area contributed by atoms with E-state index in [9.17, 15) is 0 Å². The Morgan fingerprint density at radius 3 is 2.80 bits per heavy atom. The zero-order chi connectivity index (χ0) is 13.4. The summed E-state index contributed by atoms with van der Waals surface area (Å²) in [6.07, 6.45) is 3.89. The van der Waals surface area contributed by atoms with Crippen LogP contribution in [0.5, 0.6) is 0 Å². The molecular weight excluding hydrogens is 246 g/mol. The number of fused-ring (bicyclic) bond motifs is 2. The van der Waals surface area contributed by atoms with Crippen molar-refractivity contribution in [3.05, 3.63) is 66.0 Å². The van der Waals surface area contributed by atoms with Gasteiger partial charge in [-0.05, 0) is 36.1 Å². The topological polar surface area (TPSA) is 37.8 Å². The highest BCUT2D eigenvalue weighted by atomic mass is 15.0. The molecule has 1 aliphatic carbocycles. The number of nitrogens with zero attached hydrogens (tertiary/aromatic N) is 2. The van der Waals surface area contributed by atoms with Crippen LogP contribution in [0.3, 0.4) is 0 Å². The fourth-order valence-electron chi connectivity index (χ4n) is 2.99. The van der Waals surface area contributed by atoms with Gasteiger partial charge in [-0.15, -0.1) is 0 Å². The van der Waals surface area contributed by atoms with Crippen molar-refractivity contribution in [2.75, 3.05) is 5.32 Å². The van der Waals surface area contributed by atoms with Gasteiger partial charge in [0.05, 0.1) is 11.6 Å². The molecule has 1 aromatic heterocycles. The maximum absolute atomic E-state index is 4.42. The van der Waals surface area contributed by atoms with Crippen LogP contribution in [0.1, 0.15) is 23.6 Å². The zero-order valence-corrected chi connectivity index (χ0v) is 11.1. The van der Waals surface area contributed by atoms with Crippen LogP contribution in [0.2, 0.25) is 0 Å². The van der Waals surface area contributed by atoms with Crippen LogP contribution in [-0.2, 0) is 6.42 Å². The van der Waals surface area contributed by atoms with Crippen LogP contribution >= 0.6 is 0 Å². The number of anilines is 1. The molecule has 0 radical (unpaired) electrons. The number of nitrogens with one attached hydrogen (secondary N) is 1. The van der Waals surface area contributed by atoms with Gasteiger partial charge in [-0.1, -0.05) is 36.4 Å². The molecule has 3 heteroatoms. The lowest BCUT2D eigenvalue weighted by Gasteiger charge is -2.15. The van der Waals surface area contributed by atoms with Crippen molar-refractivity contribution in [1.29, 1.82) is 0 Å². The predicted octanol–water partition coefficient (Wildman–Crippen LogP) is 3.73.